The SMILES string of the molecule is O=C(Nc1ccc(Cl)cc1)N1CCC(n2cc(-c3ccccc3)nn2)C1. The fraction of sp³-hybridized carbons (Fsp3) is 0.211. The molecular weight excluding hydrogens is 350 g/mol. The van der Waals surface area contributed by atoms with Gasteiger partial charge in [0.2, 0.25) is 0 Å². The summed E-state index contributed by atoms with van der Waals surface area (Å²) in [5.41, 5.74) is 2.61. The van der Waals surface area contributed by atoms with Crippen molar-refractivity contribution >= 4 is 23.3 Å². The zero-order chi connectivity index (χ0) is 17.9. The summed E-state index contributed by atoms with van der Waals surface area (Å²) in [4.78, 5) is 14.2. The number of halogens is 1. The summed E-state index contributed by atoms with van der Waals surface area (Å²) in [7, 11) is 0. The maximum absolute atomic E-state index is 12.4. The molecule has 1 aliphatic heterocycles. The summed E-state index contributed by atoms with van der Waals surface area (Å²) < 4.78 is 1.86. The van der Waals surface area contributed by atoms with Crippen LogP contribution < -0.4 is 5.32 Å². The first-order valence-corrected chi connectivity index (χ1v) is 8.85. The predicted octanol–water partition coefficient (Wildman–Crippen LogP) is 4.08. The third kappa shape index (κ3) is 3.55. The Labute approximate surface area is 156 Å². The second kappa shape index (κ2) is 7.17. The molecule has 1 fully saturated rings. The largest absolute Gasteiger partial charge is 0.322 e. The van der Waals surface area contributed by atoms with Gasteiger partial charge in [0.05, 0.1) is 12.2 Å². The number of aromatic nitrogens is 3. The minimum atomic E-state index is -0.113. The zero-order valence-corrected chi connectivity index (χ0v) is 14.8. The quantitative estimate of drug-likeness (QED) is 0.758. The van der Waals surface area contributed by atoms with Gasteiger partial charge in [-0.1, -0.05) is 47.1 Å². The fourth-order valence-corrected chi connectivity index (χ4v) is 3.20. The Balaban J connectivity index is 1.40. The molecule has 2 amide bonds. The zero-order valence-electron chi connectivity index (χ0n) is 14.0. The van der Waals surface area contributed by atoms with Crippen molar-refractivity contribution in [2.24, 2.45) is 0 Å². The van der Waals surface area contributed by atoms with Crippen molar-refractivity contribution in [3.63, 3.8) is 0 Å². The maximum atomic E-state index is 12.4. The summed E-state index contributed by atoms with van der Waals surface area (Å²) in [5.74, 6) is 0. The van der Waals surface area contributed by atoms with Crippen molar-refractivity contribution in [2.75, 3.05) is 18.4 Å². The van der Waals surface area contributed by atoms with Gasteiger partial charge in [-0.05, 0) is 30.7 Å². The molecule has 26 heavy (non-hydrogen) atoms. The summed E-state index contributed by atoms with van der Waals surface area (Å²) >= 11 is 5.87. The third-order valence-electron chi connectivity index (χ3n) is 4.50. The van der Waals surface area contributed by atoms with Crippen LogP contribution in [0, 0.1) is 0 Å². The number of hydrogen-bond acceptors (Lipinski definition) is 3. The first-order valence-electron chi connectivity index (χ1n) is 8.48. The summed E-state index contributed by atoms with van der Waals surface area (Å²) in [6.45, 7) is 1.29. The van der Waals surface area contributed by atoms with E-state index in [0.29, 0.717) is 18.1 Å². The van der Waals surface area contributed by atoms with Crippen LogP contribution in [0.25, 0.3) is 11.3 Å². The highest BCUT2D eigenvalue weighted by atomic mass is 35.5. The van der Waals surface area contributed by atoms with Gasteiger partial charge in [-0.25, -0.2) is 9.48 Å². The monoisotopic (exact) mass is 367 g/mol. The van der Waals surface area contributed by atoms with Gasteiger partial charge in [0.25, 0.3) is 0 Å². The van der Waals surface area contributed by atoms with Crippen molar-refractivity contribution in [2.45, 2.75) is 12.5 Å². The predicted molar refractivity (Wildman–Crippen MR) is 101 cm³/mol. The molecule has 1 unspecified atom stereocenters. The Bertz CT molecular complexity index is 894. The Morgan fingerprint density at radius 1 is 1.12 bits per heavy atom. The molecule has 2 heterocycles. The Morgan fingerprint density at radius 2 is 1.88 bits per heavy atom. The highest BCUT2D eigenvalue weighted by molar-refractivity contribution is 6.30. The van der Waals surface area contributed by atoms with Crippen molar-refractivity contribution in [1.82, 2.24) is 19.9 Å². The average Bonchev–Trinajstić information content (AvgIpc) is 3.34. The van der Waals surface area contributed by atoms with Gasteiger partial charge in [-0.3, -0.25) is 0 Å². The Hall–Kier alpha value is -2.86. The van der Waals surface area contributed by atoms with Crippen molar-refractivity contribution in [1.29, 1.82) is 0 Å². The molecule has 0 saturated carbocycles. The number of urea groups is 1. The van der Waals surface area contributed by atoms with Gasteiger partial charge in [-0.15, -0.1) is 5.10 Å². The smallest absolute Gasteiger partial charge is 0.321 e. The molecule has 0 aliphatic carbocycles. The van der Waals surface area contributed by atoms with Gasteiger partial charge in [0, 0.05) is 29.4 Å². The van der Waals surface area contributed by atoms with Crippen LogP contribution in [0.2, 0.25) is 5.02 Å². The van der Waals surface area contributed by atoms with Crippen molar-refractivity contribution in [3.05, 3.63) is 65.8 Å². The van der Waals surface area contributed by atoms with E-state index in [4.69, 9.17) is 11.6 Å². The number of benzene rings is 2. The Morgan fingerprint density at radius 3 is 2.65 bits per heavy atom. The molecule has 2 aromatic carbocycles. The molecule has 1 aromatic heterocycles. The van der Waals surface area contributed by atoms with Gasteiger partial charge >= 0.3 is 6.03 Å². The molecule has 1 atom stereocenters. The highest BCUT2D eigenvalue weighted by Gasteiger charge is 2.28. The number of hydrogen-bond donors (Lipinski definition) is 1. The molecule has 6 nitrogen and oxygen atoms in total. The number of rotatable bonds is 3. The number of amides is 2. The second-order valence-corrected chi connectivity index (χ2v) is 6.71. The van der Waals surface area contributed by atoms with E-state index in [9.17, 15) is 4.79 Å². The average molecular weight is 368 g/mol. The van der Waals surface area contributed by atoms with Crippen molar-refractivity contribution in [3.8, 4) is 11.3 Å². The van der Waals surface area contributed by atoms with E-state index in [0.717, 1.165) is 23.4 Å². The molecule has 3 aromatic rings. The Kier molecular flexibility index (Phi) is 4.58. The lowest BCUT2D eigenvalue weighted by Crippen LogP contribution is -2.33. The van der Waals surface area contributed by atoms with E-state index in [1.807, 2.05) is 41.2 Å². The normalized spacial score (nSPS) is 16.7. The molecule has 0 spiro atoms. The lowest BCUT2D eigenvalue weighted by molar-refractivity contribution is 0.220. The molecule has 4 rings (SSSR count). The van der Waals surface area contributed by atoms with Gasteiger partial charge < -0.3 is 10.2 Å². The van der Waals surface area contributed by atoms with E-state index in [-0.39, 0.29) is 12.1 Å². The highest BCUT2D eigenvalue weighted by Crippen LogP contribution is 2.24. The molecule has 1 N–H and O–H groups in total. The maximum Gasteiger partial charge on any atom is 0.321 e. The first kappa shape index (κ1) is 16.6. The van der Waals surface area contributed by atoms with Crippen LogP contribution in [0.4, 0.5) is 10.5 Å². The lowest BCUT2D eigenvalue weighted by Gasteiger charge is -2.17. The molecule has 0 radical (unpaired) electrons. The van der Waals surface area contributed by atoms with Crippen LogP contribution in [0.1, 0.15) is 12.5 Å². The molecule has 7 heteroatoms. The van der Waals surface area contributed by atoms with Crippen LogP contribution >= 0.6 is 11.6 Å². The van der Waals surface area contributed by atoms with Crippen LogP contribution in [0.15, 0.2) is 60.8 Å². The van der Waals surface area contributed by atoms with Gasteiger partial charge in [-0.2, -0.15) is 0 Å². The van der Waals surface area contributed by atoms with E-state index in [1.165, 1.54) is 0 Å². The molecule has 1 aliphatic rings. The second-order valence-electron chi connectivity index (χ2n) is 6.28. The van der Waals surface area contributed by atoms with E-state index in [2.05, 4.69) is 15.6 Å². The fourth-order valence-electron chi connectivity index (χ4n) is 3.07. The summed E-state index contributed by atoms with van der Waals surface area (Å²) in [5, 5.41) is 12.1. The first-order chi connectivity index (χ1) is 12.7. The summed E-state index contributed by atoms with van der Waals surface area (Å²) in [6, 6.07) is 17.1. The van der Waals surface area contributed by atoms with Gasteiger partial charge in [0.1, 0.15) is 5.69 Å². The van der Waals surface area contributed by atoms with Crippen LogP contribution in [0.5, 0.6) is 0 Å². The number of carbonyl (C=O) groups is 1. The lowest BCUT2D eigenvalue weighted by atomic mass is 10.2. The number of carbonyl (C=O) groups excluding carboxylic acids is 1. The van der Waals surface area contributed by atoms with E-state index < -0.39 is 0 Å². The number of anilines is 1. The standard InChI is InChI=1S/C19H18ClN5O/c20-15-6-8-16(9-7-15)21-19(26)24-11-10-17(12-24)25-13-18(22-23-25)14-4-2-1-3-5-14/h1-9,13,17H,10-12H2,(H,21,26). The molecule has 1 saturated heterocycles. The van der Waals surface area contributed by atoms with E-state index >= 15 is 0 Å². The number of likely N-dealkylation sites (tertiary alicyclic amines) is 1. The van der Waals surface area contributed by atoms with Gasteiger partial charge in [0.15, 0.2) is 0 Å². The minimum Gasteiger partial charge on any atom is -0.322 e. The molecule has 132 valence electrons. The van der Waals surface area contributed by atoms with Crippen LogP contribution in [0.3, 0.4) is 0 Å². The minimum absolute atomic E-state index is 0.113. The third-order valence-corrected chi connectivity index (χ3v) is 4.75. The van der Waals surface area contributed by atoms with Crippen LogP contribution in [-0.4, -0.2) is 39.0 Å². The molecular formula is C19H18ClN5O. The van der Waals surface area contributed by atoms with Crippen LogP contribution in [-0.2, 0) is 0 Å². The molecule has 0 bridgehead atoms. The number of nitrogens with zero attached hydrogens (tertiary/aromatic N) is 4. The van der Waals surface area contributed by atoms with Crippen molar-refractivity contribution < 1.29 is 4.79 Å². The topological polar surface area (TPSA) is 63.1 Å². The summed E-state index contributed by atoms with van der Waals surface area (Å²) in [6.07, 6.45) is 2.80. The van der Waals surface area contributed by atoms with E-state index in [1.54, 1.807) is 29.2 Å². The number of nitrogens with one attached hydrogen (secondary N) is 1.